The number of hydrogen-bond acceptors (Lipinski definition) is 4. The van der Waals surface area contributed by atoms with Crippen LogP contribution in [0.1, 0.15) is 12.0 Å². The minimum Gasteiger partial charge on any atom is -0.495 e. The summed E-state index contributed by atoms with van der Waals surface area (Å²) in [7, 11) is 3.36. The first-order chi connectivity index (χ1) is 14.6. The van der Waals surface area contributed by atoms with Crippen LogP contribution in [-0.4, -0.2) is 51.7 Å². The Kier molecular flexibility index (Phi) is 7.79. The molecule has 0 spiro atoms. The topological polar surface area (TPSA) is 78.0 Å². The number of nitrogens with zero attached hydrogens (tertiary/aromatic N) is 2. The fourth-order valence-electron chi connectivity index (χ4n) is 3.42. The lowest BCUT2D eigenvalue weighted by molar-refractivity contribution is -0.120. The van der Waals surface area contributed by atoms with E-state index in [1.807, 2.05) is 48.5 Å². The highest BCUT2D eigenvalue weighted by atomic mass is 35.5. The predicted molar refractivity (Wildman–Crippen MR) is 121 cm³/mol. The van der Waals surface area contributed by atoms with Crippen molar-refractivity contribution in [1.29, 1.82) is 0 Å². The van der Waals surface area contributed by atoms with Gasteiger partial charge in [0.15, 0.2) is 5.96 Å². The zero-order valence-corrected chi connectivity index (χ0v) is 18.1. The number of guanidine groups is 1. The number of carbonyl (C=O) groups is 1. The molecule has 0 bridgehead atoms. The Morgan fingerprint density at radius 2 is 2.03 bits per heavy atom. The Morgan fingerprint density at radius 1 is 1.23 bits per heavy atom. The molecule has 2 aromatic carbocycles. The number of aliphatic imine (C=N–C) groups is 1. The average Bonchev–Trinajstić information content (AvgIpc) is 3.24. The van der Waals surface area contributed by atoms with E-state index in [0.29, 0.717) is 17.5 Å². The van der Waals surface area contributed by atoms with Crippen LogP contribution in [0.15, 0.2) is 53.5 Å². The number of rotatable bonds is 7. The molecule has 7 nitrogen and oxygen atoms in total. The standard InChI is InChI=1S/C22H28ClN5O2/c1-24-22(26-14-21(29)25-13-16-6-4-3-5-7-16)27-18-10-11-28(15-18)19-12-17(23)8-9-20(19)30-2/h3-9,12,18H,10-11,13-15H2,1-2H3,(H,25,29)(H2,24,26,27). The van der Waals surface area contributed by atoms with Crippen molar-refractivity contribution in [2.45, 2.75) is 19.0 Å². The molecule has 160 valence electrons. The first-order valence-corrected chi connectivity index (χ1v) is 10.3. The van der Waals surface area contributed by atoms with Crippen molar-refractivity contribution < 1.29 is 9.53 Å². The van der Waals surface area contributed by atoms with E-state index in [9.17, 15) is 4.79 Å². The maximum Gasteiger partial charge on any atom is 0.239 e. The summed E-state index contributed by atoms with van der Waals surface area (Å²) in [6.07, 6.45) is 0.941. The molecule has 3 rings (SSSR count). The molecule has 1 heterocycles. The zero-order valence-electron chi connectivity index (χ0n) is 17.3. The quantitative estimate of drug-likeness (QED) is 0.465. The molecule has 2 aromatic rings. The van der Waals surface area contributed by atoms with Crippen molar-refractivity contribution in [3.8, 4) is 5.75 Å². The highest BCUT2D eigenvalue weighted by Gasteiger charge is 2.25. The lowest BCUT2D eigenvalue weighted by Crippen LogP contribution is -2.47. The van der Waals surface area contributed by atoms with Gasteiger partial charge in [0.2, 0.25) is 5.91 Å². The Labute approximate surface area is 182 Å². The third-order valence-electron chi connectivity index (χ3n) is 4.98. The molecule has 1 unspecified atom stereocenters. The van der Waals surface area contributed by atoms with Gasteiger partial charge in [-0.15, -0.1) is 0 Å². The second-order valence-electron chi connectivity index (χ2n) is 7.08. The van der Waals surface area contributed by atoms with E-state index in [-0.39, 0.29) is 18.5 Å². The molecule has 1 aliphatic rings. The first-order valence-electron chi connectivity index (χ1n) is 9.95. The Morgan fingerprint density at radius 3 is 2.77 bits per heavy atom. The Balaban J connectivity index is 1.46. The van der Waals surface area contributed by atoms with Crippen molar-refractivity contribution in [1.82, 2.24) is 16.0 Å². The second kappa shape index (κ2) is 10.7. The normalized spacial score (nSPS) is 16.3. The highest BCUT2D eigenvalue weighted by Crippen LogP contribution is 2.33. The molecule has 1 atom stereocenters. The van der Waals surface area contributed by atoms with Crippen LogP contribution in [0.5, 0.6) is 5.75 Å². The van der Waals surface area contributed by atoms with Gasteiger partial charge in [0.25, 0.3) is 0 Å². The van der Waals surface area contributed by atoms with Crippen LogP contribution >= 0.6 is 11.6 Å². The van der Waals surface area contributed by atoms with Crippen LogP contribution in [0.3, 0.4) is 0 Å². The van der Waals surface area contributed by atoms with Gasteiger partial charge in [0.1, 0.15) is 5.75 Å². The number of carbonyl (C=O) groups excluding carboxylic acids is 1. The van der Waals surface area contributed by atoms with Gasteiger partial charge in [0.05, 0.1) is 19.3 Å². The number of benzene rings is 2. The summed E-state index contributed by atoms with van der Waals surface area (Å²) in [6, 6.07) is 15.7. The molecule has 3 N–H and O–H groups in total. The summed E-state index contributed by atoms with van der Waals surface area (Å²) in [5.41, 5.74) is 2.05. The fraction of sp³-hybridized carbons (Fsp3) is 0.364. The molecule has 30 heavy (non-hydrogen) atoms. The molecule has 1 saturated heterocycles. The van der Waals surface area contributed by atoms with E-state index in [4.69, 9.17) is 16.3 Å². The molecule has 0 aliphatic carbocycles. The van der Waals surface area contributed by atoms with Crippen molar-refractivity contribution in [3.63, 3.8) is 0 Å². The van der Waals surface area contributed by atoms with Crippen molar-refractivity contribution in [2.75, 3.05) is 38.7 Å². The molecule has 0 aromatic heterocycles. The summed E-state index contributed by atoms with van der Waals surface area (Å²) < 4.78 is 5.47. The van der Waals surface area contributed by atoms with Crippen LogP contribution < -0.4 is 25.6 Å². The first kappa shape index (κ1) is 21.8. The maximum atomic E-state index is 12.1. The minimum atomic E-state index is -0.0847. The molecule has 8 heteroatoms. The molecule has 1 amide bonds. The van der Waals surface area contributed by atoms with Crippen LogP contribution in [0.25, 0.3) is 0 Å². The Bertz CT molecular complexity index is 875. The lowest BCUT2D eigenvalue weighted by atomic mass is 10.2. The van der Waals surface area contributed by atoms with Gasteiger partial charge in [0, 0.05) is 37.7 Å². The monoisotopic (exact) mass is 429 g/mol. The number of ether oxygens (including phenoxy) is 1. The summed E-state index contributed by atoms with van der Waals surface area (Å²) >= 11 is 6.17. The van der Waals surface area contributed by atoms with Crippen LogP contribution in [-0.2, 0) is 11.3 Å². The fourth-order valence-corrected chi connectivity index (χ4v) is 3.58. The number of halogens is 1. The van der Waals surface area contributed by atoms with Gasteiger partial charge in [-0.3, -0.25) is 9.79 Å². The van der Waals surface area contributed by atoms with E-state index in [1.54, 1.807) is 14.2 Å². The molecule has 0 saturated carbocycles. The Hall–Kier alpha value is -2.93. The number of amides is 1. The smallest absolute Gasteiger partial charge is 0.239 e. The lowest BCUT2D eigenvalue weighted by Gasteiger charge is -2.22. The van der Waals surface area contributed by atoms with Gasteiger partial charge >= 0.3 is 0 Å². The van der Waals surface area contributed by atoms with Gasteiger partial charge in [-0.1, -0.05) is 41.9 Å². The third kappa shape index (κ3) is 6.03. The van der Waals surface area contributed by atoms with E-state index in [0.717, 1.165) is 36.5 Å². The maximum absolute atomic E-state index is 12.1. The average molecular weight is 430 g/mol. The molecule has 1 fully saturated rings. The van der Waals surface area contributed by atoms with Crippen molar-refractivity contribution in [3.05, 3.63) is 59.1 Å². The zero-order chi connectivity index (χ0) is 21.3. The summed E-state index contributed by atoms with van der Waals surface area (Å²) in [4.78, 5) is 18.6. The number of nitrogens with one attached hydrogen (secondary N) is 3. The summed E-state index contributed by atoms with van der Waals surface area (Å²) in [6.45, 7) is 2.33. The molecule has 0 radical (unpaired) electrons. The number of anilines is 1. The van der Waals surface area contributed by atoms with Crippen molar-refractivity contribution >= 4 is 29.2 Å². The van der Waals surface area contributed by atoms with Gasteiger partial charge in [-0.05, 0) is 30.2 Å². The van der Waals surface area contributed by atoms with E-state index >= 15 is 0 Å². The van der Waals surface area contributed by atoms with Gasteiger partial charge in [-0.25, -0.2) is 0 Å². The van der Waals surface area contributed by atoms with Crippen molar-refractivity contribution in [2.24, 2.45) is 4.99 Å². The van der Waals surface area contributed by atoms with Gasteiger partial charge in [-0.2, -0.15) is 0 Å². The van der Waals surface area contributed by atoms with Crippen LogP contribution in [0.4, 0.5) is 5.69 Å². The summed E-state index contributed by atoms with van der Waals surface area (Å²) in [5, 5.41) is 10.1. The predicted octanol–water partition coefficient (Wildman–Crippen LogP) is 2.41. The molecular weight excluding hydrogens is 402 g/mol. The molecular formula is C22H28ClN5O2. The molecule has 1 aliphatic heterocycles. The third-order valence-corrected chi connectivity index (χ3v) is 5.22. The van der Waals surface area contributed by atoms with E-state index in [2.05, 4.69) is 25.8 Å². The number of methoxy groups -OCH3 is 1. The minimum absolute atomic E-state index is 0.0847. The van der Waals surface area contributed by atoms with E-state index in [1.165, 1.54) is 0 Å². The largest absolute Gasteiger partial charge is 0.495 e. The van der Waals surface area contributed by atoms with Crippen LogP contribution in [0.2, 0.25) is 5.02 Å². The SMILES string of the molecule is CN=C(NCC(=O)NCc1ccccc1)NC1CCN(c2cc(Cl)ccc2OC)C1. The summed E-state index contributed by atoms with van der Waals surface area (Å²) in [5.74, 6) is 1.32. The van der Waals surface area contributed by atoms with Crippen LogP contribution in [0, 0.1) is 0 Å². The second-order valence-corrected chi connectivity index (χ2v) is 7.52. The highest BCUT2D eigenvalue weighted by molar-refractivity contribution is 6.30. The number of hydrogen-bond donors (Lipinski definition) is 3. The van der Waals surface area contributed by atoms with E-state index < -0.39 is 0 Å². The van der Waals surface area contributed by atoms with Gasteiger partial charge < -0.3 is 25.6 Å².